The monoisotopic (exact) mass is 393 g/mol. The Kier molecular flexibility index (Phi) is 4.54. The number of carboxylic acids is 1. The van der Waals surface area contributed by atoms with Crippen LogP contribution in [0.25, 0.3) is 0 Å². The Hall–Kier alpha value is -2.47. The zero-order valence-corrected chi connectivity index (χ0v) is 16.9. The number of carbonyl (C=O) groups is 1. The van der Waals surface area contributed by atoms with Crippen LogP contribution in [0.2, 0.25) is 0 Å². The quantitative estimate of drug-likeness (QED) is 0.861. The summed E-state index contributed by atoms with van der Waals surface area (Å²) in [7, 11) is 2.11. The predicted octanol–water partition coefficient (Wildman–Crippen LogP) is 3.02. The number of fused-ring (bicyclic) bond motifs is 3. The van der Waals surface area contributed by atoms with E-state index in [1.807, 2.05) is 0 Å². The molecule has 0 bridgehead atoms. The van der Waals surface area contributed by atoms with Gasteiger partial charge in [-0.1, -0.05) is 24.3 Å². The van der Waals surface area contributed by atoms with Crippen LogP contribution in [0.1, 0.15) is 58.7 Å². The molecular weight excluding hydrogens is 366 g/mol. The van der Waals surface area contributed by atoms with Gasteiger partial charge < -0.3 is 14.7 Å². The maximum atomic E-state index is 11.7. The van der Waals surface area contributed by atoms with E-state index >= 15 is 0 Å². The second-order valence-electron chi connectivity index (χ2n) is 8.78. The van der Waals surface area contributed by atoms with Crippen molar-refractivity contribution >= 4 is 5.97 Å². The number of hydrogen-bond donors (Lipinski definition) is 1. The molecular formula is C23H27N3O3. The van der Waals surface area contributed by atoms with Crippen LogP contribution in [0.3, 0.4) is 0 Å². The maximum Gasteiger partial charge on any atom is 0.374 e. The van der Waals surface area contributed by atoms with Crippen LogP contribution < -0.4 is 4.74 Å². The zero-order chi connectivity index (χ0) is 20.0. The Morgan fingerprint density at radius 2 is 2.10 bits per heavy atom. The summed E-state index contributed by atoms with van der Waals surface area (Å²) in [5, 5.41) is 9.56. The molecule has 2 aromatic rings. The SMILES string of the molecule is CN1CCC[C@H]1COc1nc(C(=O)O)nc2c1CCC1(CCc3ccccc31)C2. The van der Waals surface area contributed by atoms with Gasteiger partial charge in [0.1, 0.15) is 6.61 Å². The van der Waals surface area contributed by atoms with Gasteiger partial charge in [-0.25, -0.2) is 9.78 Å². The minimum Gasteiger partial charge on any atom is -0.476 e. The number of rotatable bonds is 4. The fourth-order valence-corrected chi connectivity index (χ4v) is 5.47. The molecule has 1 spiro atoms. The van der Waals surface area contributed by atoms with Gasteiger partial charge in [-0.2, -0.15) is 4.98 Å². The van der Waals surface area contributed by atoms with E-state index in [1.54, 1.807) is 0 Å². The predicted molar refractivity (Wildman–Crippen MR) is 109 cm³/mol. The average molecular weight is 393 g/mol. The second-order valence-corrected chi connectivity index (χ2v) is 8.78. The molecule has 29 heavy (non-hydrogen) atoms. The molecule has 2 aliphatic carbocycles. The summed E-state index contributed by atoms with van der Waals surface area (Å²) in [6, 6.07) is 9.03. The zero-order valence-electron chi connectivity index (χ0n) is 16.9. The minimum absolute atomic E-state index is 0.0661. The molecule has 0 saturated carbocycles. The van der Waals surface area contributed by atoms with E-state index in [4.69, 9.17) is 4.74 Å². The van der Waals surface area contributed by atoms with Crippen molar-refractivity contribution in [1.29, 1.82) is 0 Å². The lowest BCUT2D eigenvalue weighted by Gasteiger charge is -2.35. The summed E-state index contributed by atoms with van der Waals surface area (Å²) in [6.07, 6.45) is 7.10. The van der Waals surface area contributed by atoms with Crippen LogP contribution in [0.5, 0.6) is 5.88 Å². The third-order valence-electron chi connectivity index (χ3n) is 7.15. The molecule has 1 saturated heterocycles. The van der Waals surface area contributed by atoms with Gasteiger partial charge in [0.15, 0.2) is 0 Å². The molecule has 6 nitrogen and oxygen atoms in total. The fourth-order valence-electron chi connectivity index (χ4n) is 5.47. The van der Waals surface area contributed by atoms with E-state index in [1.165, 1.54) is 17.5 Å². The van der Waals surface area contributed by atoms with Gasteiger partial charge in [-0.05, 0) is 69.7 Å². The van der Waals surface area contributed by atoms with Crippen LogP contribution in [0.15, 0.2) is 24.3 Å². The minimum atomic E-state index is -1.10. The lowest BCUT2D eigenvalue weighted by atomic mass is 9.69. The summed E-state index contributed by atoms with van der Waals surface area (Å²) in [5.41, 5.74) is 4.76. The van der Waals surface area contributed by atoms with Gasteiger partial charge in [-0.3, -0.25) is 0 Å². The highest BCUT2D eigenvalue weighted by atomic mass is 16.5. The number of benzene rings is 1. The van der Waals surface area contributed by atoms with E-state index in [0.29, 0.717) is 18.5 Å². The Morgan fingerprint density at radius 3 is 2.90 bits per heavy atom. The molecule has 1 unspecified atom stereocenters. The number of hydrogen-bond acceptors (Lipinski definition) is 5. The lowest BCUT2D eigenvalue weighted by molar-refractivity contribution is 0.0680. The van der Waals surface area contributed by atoms with E-state index in [0.717, 1.165) is 56.3 Å². The van der Waals surface area contributed by atoms with Crippen LogP contribution in [0, 0.1) is 0 Å². The topological polar surface area (TPSA) is 75.5 Å². The van der Waals surface area contributed by atoms with Crippen LogP contribution >= 0.6 is 0 Å². The van der Waals surface area contributed by atoms with Crippen molar-refractivity contribution in [1.82, 2.24) is 14.9 Å². The van der Waals surface area contributed by atoms with Crippen molar-refractivity contribution in [2.45, 2.75) is 56.4 Å². The first-order valence-electron chi connectivity index (χ1n) is 10.6. The maximum absolute atomic E-state index is 11.7. The number of aromatic carboxylic acids is 1. The molecule has 1 aromatic heterocycles. The molecule has 6 heteroatoms. The standard InChI is InChI=1S/C23H27N3O3/c1-26-12-4-6-16(26)14-29-21-17-9-11-23(10-8-15-5-2-3-7-18(15)23)13-19(17)24-20(25-21)22(27)28/h2-3,5,7,16H,4,6,8-14H2,1H3,(H,27,28)/t16-,23?/m0/s1. The Balaban J connectivity index is 1.47. The summed E-state index contributed by atoms with van der Waals surface area (Å²) in [5.74, 6) is -0.766. The molecule has 5 rings (SSSR count). The highest BCUT2D eigenvalue weighted by Crippen LogP contribution is 2.48. The molecule has 1 N–H and O–H groups in total. The van der Waals surface area contributed by atoms with E-state index in [2.05, 4.69) is 46.2 Å². The van der Waals surface area contributed by atoms with Crippen molar-refractivity contribution in [3.8, 4) is 5.88 Å². The van der Waals surface area contributed by atoms with Crippen molar-refractivity contribution in [3.63, 3.8) is 0 Å². The smallest absolute Gasteiger partial charge is 0.374 e. The van der Waals surface area contributed by atoms with Crippen molar-refractivity contribution in [3.05, 3.63) is 52.5 Å². The highest BCUT2D eigenvalue weighted by molar-refractivity contribution is 5.83. The number of aryl methyl sites for hydroxylation is 1. The molecule has 1 aromatic carbocycles. The van der Waals surface area contributed by atoms with E-state index in [9.17, 15) is 9.90 Å². The second kappa shape index (κ2) is 7.10. The lowest BCUT2D eigenvalue weighted by Crippen LogP contribution is -2.34. The highest BCUT2D eigenvalue weighted by Gasteiger charge is 2.42. The molecule has 3 aliphatic rings. The van der Waals surface area contributed by atoms with Gasteiger partial charge in [0, 0.05) is 17.0 Å². The number of aromatic nitrogens is 2. The number of ether oxygens (including phenoxy) is 1. The molecule has 1 fully saturated rings. The largest absolute Gasteiger partial charge is 0.476 e. The van der Waals surface area contributed by atoms with Crippen LogP contribution in [-0.4, -0.2) is 52.2 Å². The first kappa shape index (κ1) is 18.6. The van der Waals surface area contributed by atoms with Gasteiger partial charge >= 0.3 is 5.97 Å². The summed E-state index contributed by atoms with van der Waals surface area (Å²) in [6.45, 7) is 1.63. The summed E-state index contributed by atoms with van der Waals surface area (Å²) in [4.78, 5) is 22.7. The van der Waals surface area contributed by atoms with Crippen molar-refractivity contribution in [2.24, 2.45) is 0 Å². The molecule has 0 amide bonds. The third kappa shape index (κ3) is 3.19. The van der Waals surface area contributed by atoms with E-state index < -0.39 is 5.97 Å². The van der Waals surface area contributed by atoms with Gasteiger partial charge in [-0.15, -0.1) is 0 Å². The first-order valence-corrected chi connectivity index (χ1v) is 10.6. The van der Waals surface area contributed by atoms with Crippen LogP contribution in [0.4, 0.5) is 0 Å². The normalized spacial score (nSPS) is 25.8. The number of likely N-dealkylation sites (tertiary alicyclic amines) is 1. The van der Waals surface area contributed by atoms with Gasteiger partial charge in [0.25, 0.3) is 0 Å². The summed E-state index contributed by atoms with van der Waals surface area (Å²) >= 11 is 0. The fraction of sp³-hybridized carbons (Fsp3) is 0.522. The Bertz CT molecular complexity index is 960. The third-order valence-corrected chi connectivity index (χ3v) is 7.15. The summed E-state index contributed by atoms with van der Waals surface area (Å²) < 4.78 is 6.11. The van der Waals surface area contributed by atoms with Gasteiger partial charge in [0.2, 0.25) is 11.7 Å². The molecule has 0 radical (unpaired) electrons. The van der Waals surface area contributed by atoms with Crippen LogP contribution in [-0.2, 0) is 24.7 Å². The molecule has 2 atom stereocenters. The Morgan fingerprint density at radius 1 is 1.28 bits per heavy atom. The van der Waals surface area contributed by atoms with Crippen molar-refractivity contribution in [2.75, 3.05) is 20.2 Å². The van der Waals surface area contributed by atoms with Crippen molar-refractivity contribution < 1.29 is 14.6 Å². The molecule has 2 heterocycles. The van der Waals surface area contributed by atoms with E-state index in [-0.39, 0.29) is 11.2 Å². The molecule has 152 valence electrons. The Labute approximate surface area is 170 Å². The number of likely N-dealkylation sites (N-methyl/N-ethyl adjacent to an activating group) is 1. The number of carboxylic acid groups (broad SMARTS) is 1. The molecule has 1 aliphatic heterocycles. The van der Waals surface area contributed by atoms with Gasteiger partial charge in [0.05, 0.1) is 5.69 Å². The first-order chi connectivity index (χ1) is 14.1. The number of nitrogens with zero attached hydrogens (tertiary/aromatic N) is 3. The average Bonchev–Trinajstić information content (AvgIpc) is 3.29.